The van der Waals surface area contributed by atoms with Crippen LogP contribution in [0, 0.1) is 0 Å². The van der Waals surface area contributed by atoms with Crippen LogP contribution in [0.25, 0.3) is 0 Å². The fourth-order valence-electron chi connectivity index (χ4n) is 0.476. The SMILES string of the molecule is CCCCC(=O)CN.O=[P+](O)O. The fourth-order valence-corrected chi connectivity index (χ4v) is 0.476. The van der Waals surface area contributed by atoms with Crippen LogP contribution in [0.1, 0.15) is 26.2 Å². The largest absolute Gasteiger partial charge is 0.692 e. The van der Waals surface area contributed by atoms with Crippen molar-refractivity contribution >= 4 is 14.0 Å². The lowest BCUT2D eigenvalue weighted by molar-refractivity contribution is -0.117. The Morgan fingerprint density at radius 2 is 1.92 bits per heavy atom. The summed E-state index contributed by atoms with van der Waals surface area (Å²) in [6, 6.07) is 0. The minimum absolute atomic E-state index is 0.173. The number of hydrogen-bond donors (Lipinski definition) is 3. The first-order valence-corrected chi connectivity index (χ1v) is 4.77. The van der Waals surface area contributed by atoms with Crippen LogP contribution >= 0.6 is 8.25 Å². The molecule has 0 aliphatic heterocycles. The third-order valence-corrected chi connectivity index (χ3v) is 1.04. The molecule has 72 valence electrons. The van der Waals surface area contributed by atoms with Crippen LogP contribution in [0.15, 0.2) is 0 Å². The van der Waals surface area contributed by atoms with E-state index in [1.165, 1.54) is 0 Å². The van der Waals surface area contributed by atoms with Crippen LogP contribution in [0.3, 0.4) is 0 Å². The number of hydrogen-bond acceptors (Lipinski definition) is 3. The maximum atomic E-state index is 10.4. The molecule has 0 radical (unpaired) electrons. The summed E-state index contributed by atoms with van der Waals surface area (Å²) < 4.78 is 8.70. The van der Waals surface area contributed by atoms with Crippen molar-refractivity contribution in [2.75, 3.05) is 6.54 Å². The molecular formula is C6H15NO4P+. The zero-order chi connectivity index (χ0) is 9.98. The van der Waals surface area contributed by atoms with E-state index in [2.05, 4.69) is 6.92 Å². The van der Waals surface area contributed by atoms with Crippen LogP contribution in [0.2, 0.25) is 0 Å². The van der Waals surface area contributed by atoms with Crippen molar-refractivity contribution < 1.29 is 19.1 Å². The lowest BCUT2D eigenvalue weighted by Crippen LogP contribution is -2.12. The lowest BCUT2D eigenvalue weighted by Gasteiger charge is -1.91. The Balaban J connectivity index is 0. The molecule has 0 amide bonds. The predicted molar refractivity (Wildman–Crippen MR) is 45.6 cm³/mol. The maximum Gasteiger partial charge on any atom is 0.692 e. The zero-order valence-corrected chi connectivity index (χ0v) is 7.96. The van der Waals surface area contributed by atoms with Gasteiger partial charge in [-0.2, -0.15) is 0 Å². The highest BCUT2D eigenvalue weighted by Crippen LogP contribution is 1.98. The molecule has 0 saturated heterocycles. The number of rotatable bonds is 4. The first-order valence-electron chi connectivity index (χ1n) is 3.61. The molecule has 0 heterocycles. The first-order chi connectivity index (χ1) is 5.54. The summed E-state index contributed by atoms with van der Waals surface area (Å²) in [5, 5.41) is 0. The third-order valence-electron chi connectivity index (χ3n) is 1.04. The summed E-state index contributed by atoms with van der Waals surface area (Å²) in [6.45, 7) is 2.27. The smallest absolute Gasteiger partial charge is 0.324 e. The minimum atomic E-state index is -2.87. The Bertz CT molecular complexity index is 136. The van der Waals surface area contributed by atoms with Crippen LogP contribution in [-0.2, 0) is 9.36 Å². The number of carbonyl (C=O) groups excluding carboxylic acids is 1. The standard InChI is InChI=1S/C6H13NO.HO3P/c1-2-3-4-6(8)5-7;1-4(2)3/h2-5,7H2,1H3;(H-,1,2,3)/p+1. The topological polar surface area (TPSA) is 101 Å². The molecule has 0 spiro atoms. The zero-order valence-electron chi connectivity index (χ0n) is 7.06. The summed E-state index contributed by atoms with van der Waals surface area (Å²) in [7, 11) is -2.87. The van der Waals surface area contributed by atoms with Crippen molar-refractivity contribution in [2.45, 2.75) is 26.2 Å². The quantitative estimate of drug-likeness (QED) is 0.562. The second kappa shape index (κ2) is 10.7. The Morgan fingerprint density at radius 3 is 2.17 bits per heavy atom. The van der Waals surface area contributed by atoms with E-state index < -0.39 is 8.25 Å². The molecule has 0 rings (SSSR count). The normalized spacial score (nSPS) is 8.33. The molecular weight excluding hydrogens is 181 g/mol. The molecule has 0 bridgehead atoms. The molecule has 0 fully saturated rings. The van der Waals surface area contributed by atoms with E-state index in [4.69, 9.17) is 20.1 Å². The number of nitrogens with two attached hydrogens (primary N) is 1. The summed E-state index contributed by atoms with van der Waals surface area (Å²) in [5.41, 5.74) is 5.06. The van der Waals surface area contributed by atoms with Crippen molar-refractivity contribution in [3.63, 3.8) is 0 Å². The average molecular weight is 196 g/mol. The number of Topliss-reactive ketones (excluding diaryl/α,β-unsaturated/α-hetero) is 1. The Labute approximate surface area is 72.5 Å². The first kappa shape index (κ1) is 14.2. The summed E-state index contributed by atoms with van der Waals surface area (Å²) >= 11 is 0. The predicted octanol–water partition coefficient (Wildman–Crippen LogP) is 0.333. The molecule has 0 aliphatic carbocycles. The van der Waals surface area contributed by atoms with Gasteiger partial charge in [-0.25, -0.2) is 0 Å². The summed E-state index contributed by atoms with van der Waals surface area (Å²) in [5.74, 6) is 0.173. The van der Waals surface area contributed by atoms with Crippen LogP contribution in [-0.4, -0.2) is 22.1 Å². The second-order valence-corrected chi connectivity index (χ2v) is 2.60. The van der Waals surface area contributed by atoms with Crippen molar-refractivity contribution in [2.24, 2.45) is 5.73 Å². The fraction of sp³-hybridized carbons (Fsp3) is 0.833. The van der Waals surface area contributed by atoms with Crippen LogP contribution in [0.5, 0.6) is 0 Å². The Kier molecular flexibility index (Phi) is 12.6. The molecule has 0 saturated carbocycles. The molecule has 0 atom stereocenters. The van der Waals surface area contributed by atoms with Crippen molar-refractivity contribution in [1.82, 2.24) is 0 Å². The van der Waals surface area contributed by atoms with Crippen molar-refractivity contribution in [1.29, 1.82) is 0 Å². The van der Waals surface area contributed by atoms with Gasteiger partial charge in [-0.1, -0.05) is 13.3 Å². The lowest BCUT2D eigenvalue weighted by atomic mass is 10.2. The van der Waals surface area contributed by atoms with E-state index in [-0.39, 0.29) is 12.3 Å². The average Bonchev–Trinajstić information content (AvgIpc) is 1.99. The molecule has 12 heavy (non-hydrogen) atoms. The molecule has 0 aromatic carbocycles. The Hall–Kier alpha value is -0.350. The second-order valence-electron chi connectivity index (χ2n) is 2.10. The number of ketones is 1. The van der Waals surface area contributed by atoms with Gasteiger partial charge >= 0.3 is 8.25 Å². The monoisotopic (exact) mass is 196 g/mol. The molecule has 4 N–H and O–H groups in total. The van der Waals surface area contributed by atoms with E-state index in [9.17, 15) is 4.79 Å². The molecule has 0 aromatic heterocycles. The molecule has 6 heteroatoms. The molecule has 5 nitrogen and oxygen atoms in total. The van der Waals surface area contributed by atoms with Gasteiger partial charge in [0.15, 0.2) is 0 Å². The van der Waals surface area contributed by atoms with Gasteiger partial charge < -0.3 is 5.73 Å². The van der Waals surface area contributed by atoms with Crippen molar-refractivity contribution in [3.8, 4) is 0 Å². The van der Waals surface area contributed by atoms with Gasteiger partial charge in [-0.15, -0.1) is 9.79 Å². The van der Waals surface area contributed by atoms with Crippen LogP contribution in [0.4, 0.5) is 0 Å². The number of unbranched alkanes of at least 4 members (excludes halogenated alkanes) is 1. The number of carbonyl (C=O) groups is 1. The van der Waals surface area contributed by atoms with Gasteiger partial charge in [0.05, 0.1) is 6.54 Å². The highest BCUT2D eigenvalue weighted by Gasteiger charge is 1.94. The highest BCUT2D eigenvalue weighted by atomic mass is 31.1. The third kappa shape index (κ3) is 22.6. The maximum absolute atomic E-state index is 10.4. The van der Waals surface area contributed by atoms with Crippen LogP contribution < -0.4 is 5.73 Å². The van der Waals surface area contributed by atoms with E-state index in [1.807, 2.05) is 0 Å². The van der Waals surface area contributed by atoms with Gasteiger partial charge in [0.1, 0.15) is 5.78 Å². The van der Waals surface area contributed by atoms with Crippen molar-refractivity contribution in [3.05, 3.63) is 0 Å². The molecule has 0 aromatic rings. The van der Waals surface area contributed by atoms with E-state index >= 15 is 0 Å². The van der Waals surface area contributed by atoms with E-state index in [1.54, 1.807) is 0 Å². The Morgan fingerprint density at radius 1 is 1.50 bits per heavy atom. The minimum Gasteiger partial charge on any atom is -0.324 e. The molecule has 0 unspecified atom stereocenters. The molecule has 0 aliphatic rings. The summed E-state index contributed by atoms with van der Waals surface area (Å²) in [6.07, 6.45) is 2.72. The van der Waals surface area contributed by atoms with E-state index in [0.717, 1.165) is 12.8 Å². The van der Waals surface area contributed by atoms with Gasteiger partial charge in [0.25, 0.3) is 0 Å². The van der Waals surface area contributed by atoms with Gasteiger partial charge in [0, 0.05) is 11.0 Å². The van der Waals surface area contributed by atoms with E-state index in [0.29, 0.717) is 6.42 Å². The van der Waals surface area contributed by atoms with Gasteiger partial charge in [-0.3, -0.25) is 4.79 Å². The van der Waals surface area contributed by atoms with Gasteiger partial charge in [0.2, 0.25) is 0 Å². The highest BCUT2D eigenvalue weighted by molar-refractivity contribution is 7.30. The van der Waals surface area contributed by atoms with Gasteiger partial charge in [-0.05, 0) is 6.42 Å². The summed E-state index contributed by atoms with van der Waals surface area (Å²) in [4.78, 5) is 24.7.